The zero-order valence-electron chi connectivity index (χ0n) is 14.5. The third-order valence-electron chi connectivity index (χ3n) is 4.25. The van der Waals surface area contributed by atoms with E-state index in [1.807, 2.05) is 0 Å². The van der Waals surface area contributed by atoms with Crippen molar-refractivity contribution in [2.45, 2.75) is 24.7 Å². The molecule has 1 aliphatic rings. The van der Waals surface area contributed by atoms with Crippen LogP contribution in [0.3, 0.4) is 0 Å². The molecule has 1 N–H and O–H groups in total. The van der Waals surface area contributed by atoms with Gasteiger partial charge in [-0.05, 0) is 55.3 Å². The first kappa shape index (κ1) is 18.5. The van der Waals surface area contributed by atoms with Crippen LogP contribution in [0.25, 0.3) is 0 Å². The number of amides is 1. The molecule has 138 valence electrons. The van der Waals surface area contributed by atoms with Crippen molar-refractivity contribution >= 4 is 38.9 Å². The number of ether oxygens (including phenoxy) is 1. The summed E-state index contributed by atoms with van der Waals surface area (Å²) in [7, 11) is -2.38. The maximum Gasteiger partial charge on any atom is 0.262 e. The molecule has 0 bridgehead atoms. The van der Waals surface area contributed by atoms with E-state index in [-0.39, 0.29) is 16.5 Å². The van der Waals surface area contributed by atoms with Gasteiger partial charge in [-0.2, -0.15) is 0 Å². The Morgan fingerprint density at radius 1 is 1.19 bits per heavy atom. The highest BCUT2D eigenvalue weighted by Crippen LogP contribution is 2.31. The van der Waals surface area contributed by atoms with Gasteiger partial charge >= 0.3 is 0 Å². The molecule has 0 radical (unpaired) electrons. The Morgan fingerprint density at radius 2 is 1.96 bits per heavy atom. The lowest BCUT2D eigenvalue weighted by Gasteiger charge is -2.19. The molecule has 0 unspecified atom stereocenters. The minimum Gasteiger partial charge on any atom is -0.495 e. The topological polar surface area (TPSA) is 75.7 Å². The van der Waals surface area contributed by atoms with Gasteiger partial charge in [0, 0.05) is 23.7 Å². The molecule has 1 saturated heterocycles. The molecule has 6 nitrogen and oxygen atoms in total. The van der Waals surface area contributed by atoms with E-state index in [9.17, 15) is 13.2 Å². The summed E-state index contributed by atoms with van der Waals surface area (Å²) >= 11 is 5.95. The maximum atomic E-state index is 12.7. The zero-order valence-corrected chi connectivity index (χ0v) is 16.0. The lowest BCUT2D eigenvalue weighted by atomic mass is 10.2. The molecule has 0 aromatic heterocycles. The van der Waals surface area contributed by atoms with Gasteiger partial charge in [0.25, 0.3) is 10.0 Å². The van der Waals surface area contributed by atoms with E-state index >= 15 is 0 Å². The molecule has 0 spiro atoms. The van der Waals surface area contributed by atoms with Gasteiger partial charge in [-0.25, -0.2) is 8.42 Å². The average Bonchev–Trinajstić information content (AvgIpc) is 3.00. The molecule has 1 aliphatic heterocycles. The van der Waals surface area contributed by atoms with Crippen molar-refractivity contribution in [3.8, 4) is 5.75 Å². The van der Waals surface area contributed by atoms with Crippen LogP contribution in [0.15, 0.2) is 41.3 Å². The first-order valence-corrected chi connectivity index (χ1v) is 9.95. The Hall–Kier alpha value is -2.25. The SMILES string of the molecule is COc1ccc(Cl)cc1NS(=O)(=O)c1ccc(N2CCCC2=O)c(C)c1. The van der Waals surface area contributed by atoms with E-state index < -0.39 is 10.0 Å². The Morgan fingerprint density at radius 3 is 2.58 bits per heavy atom. The standard InChI is InChI=1S/C18H19ClN2O4S/c1-12-10-14(6-7-16(12)21-9-3-4-18(21)22)26(23,24)20-15-11-13(19)5-8-17(15)25-2/h5-8,10-11,20H,3-4,9H2,1-2H3. The van der Waals surface area contributed by atoms with Crippen LogP contribution in [0, 0.1) is 6.92 Å². The van der Waals surface area contributed by atoms with Crippen molar-refractivity contribution in [3.63, 3.8) is 0 Å². The van der Waals surface area contributed by atoms with Crippen molar-refractivity contribution in [2.24, 2.45) is 0 Å². The first-order valence-electron chi connectivity index (χ1n) is 8.09. The second kappa shape index (κ2) is 7.17. The number of hydrogen-bond acceptors (Lipinski definition) is 4. The number of methoxy groups -OCH3 is 1. The first-order chi connectivity index (χ1) is 12.3. The predicted molar refractivity (Wildman–Crippen MR) is 102 cm³/mol. The van der Waals surface area contributed by atoms with Gasteiger partial charge in [0.1, 0.15) is 5.75 Å². The summed E-state index contributed by atoms with van der Waals surface area (Å²) in [4.78, 5) is 13.7. The smallest absolute Gasteiger partial charge is 0.262 e. The third kappa shape index (κ3) is 3.64. The molecule has 2 aromatic carbocycles. The number of rotatable bonds is 5. The molecule has 26 heavy (non-hydrogen) atoms. The van der Waals surface area contributed by atoms with Crippen LogP contribution < -0.4 is 14.4 Å². The molecule has 0 aliphatic carbocycles. The molecule has 1 fully saturated rings. The second-order valence-electron chi connectivity index (χ2n) is 6.05. The van der Waals surface area contributed by atoms with E-state index in [4.69, 9.17) is 16.3 Å². The number of halogens is 1. The van der Waals surface area contributed by atoms with Gasteiger partial charge in [0.2, 0.25) is 5.91 Å². The molecule has 2 aromatic rings. The monoisotopic (exact) mass is 394 g/mol. The molecular weight excluding hydrogens is 376 g/mol. The largest absolute Gasteiger partial charge is 0.495 e. The van der Waals surface area contributed by atoms with Gasteiger partial charge in [-0.3, -0.25) is 9.52 Å². The van der Waals surface area contributed by atoms with Crippen molar-refractivity contribution in [3.05, 3.63) is 47.0 Å². The zero-order chi connectivity index (χ0) is 18.9. The minimum atomic E-state index is -3.83. The molecular formula is C18H19ClN2O4S. The summed E-state index contributed by atoms with van der Waals surface area (Å²) < 4.78 is 33.2. The van der Waals surface area contributed by atoms with Crippen molar-refractivity contribution in [2.75, 3.05) is 23.3 Å². The van der Waals surface area contributed by atoms with Crippen molar-refractivity contribution < 1.29 is 17.9 Å². The van der Waals surface area contributed by atoms with Crippen molar-refractivity contribution in [1.82, 2.24) is 0 Å². The van der Waals surface area contributed by atoms with Crippen LogP contribution in [0.4, 0.5) is 11.4 Å². The van der Waals surface area contributed by atoms with Gasteiger partial charge < -0.3 is 9.64 Å². The molecule has 0 saturated carbocycles. The summed E-state index contributed by atoms with van der Waals surface area (Å²) in [5.74, 6) is 0.430. The lowest BCUT2D eigenvalue weighted by Crippen LogP contribution is -2.24. The third-order valence-corrected chi connectivity index (χ3v) is 5.85. The Labute approximate surface area is 157 Å². The number of hydrogen-bond donors (Lipinski definition) is 1. The number of aryl methyl sites for hydroxylation is 1. The quantitative estimate of drug-likeness (QED) is 0.840. The predicted octanol–water partition coefficient (Wildman–Crippen LogP) is 3.58. The number of carbonyl (C=O) groups is 1. The van der Waals surface area contributed by atoms with Gasteiger partial charge in [0.15, 0.2) is 0 Å². The van der Waals surface area contributed by atoms with Crippen molar-refractivity contribution in [1.29, 1.82) is 0 Å². The molecule has 1 amide bonds. The summed E-state index contributed by atoms with van der Waals surface area (Å²) in [5, 5.41) is 0.391. The summed E-state index contributed by atoms with van der Waals surface area (Å²) in [5.41, 5.74) is 1.73. The van der Waals surface area contributed by atoms with E-state index in [0.717, 1.165) is 17.7 Å². The highest BCUT2D eigenvalue weighted by Gasteiger charge is 2.24. The number of carbonyl (C=O) groups excluding carboxylic acids is 1. The van der Waals surface area contributed by atoms with Crippen LogP contribution in [0.2, 0.25) is 5.02 Å². The summed E-state index contributed by atoms with van der Waals surface area (Å²) in [6.45, 7) is 2.45. The van der Waals surface area contributed by atoms with Gasteiger partial charge in [0.05, 0.1) is 17.7 Å². The number of nitrogens with one attached hydrogen (secondary N) is 1. The lowest BCUT2D eigenvalue weighted by molar-refractivity contribution is -0.117. The number of sulfonamides is 1. The number of benzene rings is 2. The fraction of sp³-hybridized carbons (Fsp3) is 0.278. The Balaban J connectivity index is 1.92. The van der Waals surface area contributed by atoms with Gasteiger partial charge in [-0.15, -0.1) is 0 Å². The van der Waals surface area contributed by atoms with E-state index in [1.54, 1.807) is 36.1 Å². The van der Waals surface area contributed by atoms with Crippen LogP contribution >= 0.6 is 11.6 Å². The number of anilines is 2. The fourth-order valence-corrected chi connectivity index (χ4v) is 4.28. The van der Waals surface area contributed by atoms with Crippen LogP contribution in [-0.4, -0.2) is 28.0 Å². The van der Waals surface area contributed by atoms with Gasteiger partial charge in [-0.1, -0.05) is 11.6 Å². The second-order valence-corrected chi connectivity index (χ2v) is 8.17. The molecule has 8 heteroatoms. The highest BCUT2D eigenvalue weighted by molar-refractivity contribution is 7.92. The van der Waals surface area contributed by atoms with E-state index in [1.165, 1.54) is 19.2 Å². The highest BCUT2D eigenvalue weighted by atomic mass is 35.5. The summed E-state index contributed by atoms with van der Waals surface area (Å²) in [6.07, 6.45) is 1.34. The normalized spacial score (nSPS) is 14.6. The Kier molecular flexibility index (Phi) is 5.11. The Bertz CT molecular complexity index is 960. The van der Waals surface area contributed by atoms with Crippen LogP contribution in [0.5, 0.6) is 5.75 Å². The summed E-state index contributed by atoms with van der Waals surface area (Å²) in [6, 6.07) is 9.41. The average molecular weight is 395 g/mol. The maximum absolute atomic E-state index is 12.7. The van der Waals surface area contributed by atoms with E-state index in [2.05, 4.69) is 4.72 Å². The fourth-order valence-electron chi connectivity index (χ4n) is 2.96. The molecule has 3 rings (SSSR count). The molecule has 1 heterocycles. The number of nitrogens with zero attached hydrogens (tertiary/aromatic N) is 1. The molecule has 0 atom stereocenters. The van der Waals surface area contributed by atoms with E-state index in [0.29, 0.717) is 23.7 Å². The van der Waals surface area contributed by atoms with Crippen LogP contribution in [-0.2, 0) is 14.8 Å². The minimum absolute atomic E-state index is 0.0606. The van der Waals surface area contributed by atoms with Crippen LogP contribution in [0.1, 0.15) is 18.4 Å².